The first-order valence-electron chi connectivity index (χ1n) is 9.41. The van der Waals surface area contributed by atoms with Gasteiger partial charge in [0, 0.05) is 38.3 Å². The summed E-state index contributed by atoms with van der Waals surface area (Å²) in [5, 5.41) is 4.56. The van der Waals surface area contributed by atoms with Gasteiger partial charge in [-0.05, 0) is 23.8 Å². The number of ether oxygens (including phenoxy) is 3. The lowest BCUT2D eigenvalue weighted by Gasteiger charge is -2.26. The summed E-state index contributed by atoms with van der Waals surface area (Å²) in [5.41, 5.74) is 2.01. The number of rotatable bonds is 9. The molecule has 2 aromatic rings. The van der Waals surface area contributed by atoms with Crippen LogP contribution in [0.2, 0.25) is 10.0 Å². The van der Waals surface area contributed by atoms with E-state index in [4.69, 9.17) is 37.4 Å². The zero-order chi connectivity index (χ0) is 19.8. The van der Waals surface area contributed by atoms with Gasteiger partial charge < -0.3 is 19.5 Å². The molecule has 0 amide bonds. The SMILES string of the molecule is COc1cccc(CNCCN2CCOCC2)c1OCc1ccc(Cl)c(Cl)c1. The number of hydrogen-bond donors (Lipinski definition) is 1. The van der Waals surface area contributed by atoms with E-state index >= 15 is 0 Å². The quantitative estimate of drug-likeness (QED) is 0.616. The molecule has 1 fully saturated rings. The van der Waals surface area contributed by atoms with Crippen LogP contribution in [0.4, 0.5) is 0 Å². The molecule has 0 aromatic heterocycles. The van der Waals surface area contributed by atoms with Crippen molar-refractivity contribution < 1.29 is 14.2 Å². The molecular formula is C21H26Cl2N2O3. The van der Waals surface area contributed by atoms with Gasteiger partial charge in [-0.3, -0.25) is 4.90 Å². The Labute approximate surface area is 176 Å². The van der Waals surface area contributed by atoms with Crippen LogP contribution in [0.3, 0.4) is 0 Å². The third-order valence-corrected chi connectivity index (χ3v) is 5.41. The topological polar surface area (TPSA) is 43.0 Å². The molecule has 0 aliphatic carbocycles. The Kier molecular flexibility index (Phi) is 8.25. The van der Waals surface area contributed by atoms with Crippen LogP contribution in [0.25, 0.3) is 0 Å². The molecule has 0 atom stereocenters. The molecule has 0 unspecified atom stereocenters. The van der Waals surface area contributed by atoms with Crippen molar-refractivity contribution in [3.8, 4) is 11.5 Å². The Morgan fingerprint density at radius 1 is 1.11 bits per heavy atom. The molecule has 28 heavy (non-hydrogen) atoms. The van der Waals surface area contributed by atoms with Crippen LogP contribution in [0.15, 0.2) is 36.4 Å². The summed E-state index contributed by atoms with van der Waals surface area (Å²) in [6.45, 7) is 6.65. The average Bonchev–Trinajstić information content (AvgIpc) is 2.73. The average molecular weight is 425 g/mol. The van der Waals surface area contributed by atoms with Crippen LogP contribution < -0.4 is 14.8 Å². The Bertz CT molecular complexity index is 767. The molecule has 7 heteroatoms. The first kappa shape index (κ1) is 21.2. The predicted molar refractivity (Wildman–Crippen MR) is 113 cm³/mol. The van der Waals surface area contributed by atoms with E-state index < -0.39 is 0 Å². The van der Waals surface area contributed by atoms with E-state index in [0.717, 1.165) is 56.3 Å². The van der Waals surface area contributed by atoms with Gasteiger partial charge in [0.15, 0.2) is 11.5 Å². The first-order valence-corrected chi connectivity index (χ1v) is 10.2. The van der Waals surface area contributed by atoms with Gasteiger partial charge in [-0.1, -0.05) is 41.4 Å². The Balaban J connectivity index is 1.58. The zero-order valence-corrected chi connectivity index (χ0v) is 17.6. The lowest BCUT2D eigenvalue weighted by atomic mass is 10.1. The number of morpholine rings is 1. The molecule has 1 heterocycles. The molecule has 1 saturated heterocycles. The highest BCUT2D eigenvalue weighted by molar-refractivity contribution is 6.42. The molecule has 5 nitrogen and oxygen atoms in total. The first-order chi connectivity index (χ1) is 13.7. The van der Waals surface area contributed by atoms with Crippen LogP contribution >= 0.6 is 23.2 Å². The van der Waals surface area contributed by atoms with Gasteiger partial charge in [-0.25, -0.2) is 0 Å². The van der Waals surface area contributed by atoms with Crippen LogP contribution in [0.1, 0.15) is 11.1 Å². The molecule has 1 N–H and O–H groups in total. The summed E-state index contributed by atoms with van der Waals surface area (Å²) in [5.74, 6) is 1.46. The van der Waals surface area contributed by atoms with E-state index in [1.54, 1.807) is 13.2 Å². The van der Waals surface area contributed by atoms with Crippen molar-refractivity contribution in [2.24, 2.45) is 0 Å². The molecule has 152 valence electrons. The molecule has 3 rings (SSSR count). The minimum absolute atomic E-state index is 0.387. The molecule has 0 radical (unpaired) electrons. The maximum atomic E-state index is 6.10. The fraction of sp³-hybridized carbons (Fsp3) is 0.429. The molecule has 0 bridgehead atoms. The van der Waals surface area contributed by atoms with E-state index in [1.807, 2.05) is 24.3 Å². The van der Waals surface area contributed by atoms with Gasteiger partial charge in [0.25, 0.3) is 0 Å². The fourth-order valence-corrected chi connectivity index (χ4v) is 3.42. The van der Waals surface area contributed by atoms with Gasteiger partial charge in [-0.15, -0.1) is 0 Å². The van der Waals surface area contributed by atoms with Crippen molar-refractivity contribution in [1.82, 2.24) is 10.2 Å². The van der Waals surface area contributed by atoms with Crippen molar-refractivity contribution in [3.63, 3.8) is 0 Å². The van der Waals surface area contributed by atoms with Gasteiger partial charge in [0.1, 0.15) is 6.61 Å². The van der Waals surface area contributed by atoms with Crippen molar-refractivity contribution in [2.75, 3.05) is 46.5 Å². The third kappa shape index (κ3) is 6.00. The van der Waals surface area contributed by atoms with E-state index in [9.17, 15) is 0 Å². The third-order valence-electron chi connectivity index (χ3n) is 4.67. The minimum Gasteiger partial charge on any atom is -0.493 e. The summed E-state index contributed by atoms with van der Waals surface area (Å²) in [6, 6.07) is 11.4. The predicted octanol–water partition coefficient (Wildman–Crippen LogP) is 4.00. The van der Waals surface area contributed by atoms with E-state index in [-0.39, 0.29) is 0 Å². The molecule has 1 aliphatic heterocycles. The van der Waals surface area contributed by atoms with Gasteiger partial charge in [0.05, 0.1) is 30.4 Å². The fourth-order valence-electron chi connectivity index (χ4n) is 3.09. The second kappa shape index (κ2) is 10.9. The monoisotopic (exact) mass is 424 g/mol. The van der Waals surface area contributed by atoms with Gasteiger partial charge in [-0.2, -0.15) is 0 Å². The van der Waals surface area contributed by atoms with Gasteiger partial charge >= 0.3 is 0 Å². The number of methoxy groups -OCH3 is 1. The summed E-state index contributed by atoms with van der Waals surface area (Å²) >= 11 is 12.1. The smallest absolute Gasteiger partial charge is 0.166 e. The van der Waals surface area contributed by atoms with E-state index in [2.05, 4.69) is 16.3 Å². The van der Waals surface area contributed by atoms with Crippen LogP contribution in [-0.4, -0.2) is 51.4 Å². The minimum atomic E-state index is 0.387. The lowest BCUT2D eigenvalue weighted by molar-refractivity contribution is 0.0384. The lowest BCUT2D eigenvalue weighted by Crippen LogP contribution is -2.40. The van der Waals surface area contributed by atoms with Crippen LogP contribution in [0, 0.1) is 0 Å². The van der Waals surface area contributed by atoms with Crippen molar-refractivity contribution in [3.05, 3.63) is 57.6 Å². The summed E-state index contributed by atoms with van der Waals surface area (Å²) in [4.78, 5) is 2.41. The number of para-hydroxylation sites is 1. The number of nitrogens with zero attached hydrogens (tertiary/aromatic N) is 1. The second-order valence-electron chi connectivity index (χ2n) is 6.62. The zero-order valence-electron chi connectivity index (χ0n) is 16.0. The van der Waals surface area contributed by atoms with E-state index in [1.165, 1.54) is 0 Å². The highest BCUT2D eigenvalue weighted by Crippen LogP contribution is 2.32. The molecule has 1 aliphatic rings. The maximum absolute atomic E-state index is 6.10. The second-order valence-corrected chi connectivity index (χ2v) is 7.43. The number of halogens is 2. The highest BCUT2D eigenvalue weighted by atomic mass is 35.5. The largest absolute Gasteiger partial charge is 0.493 e. The standard InChI is InChI=1S/C21H26Cl2N2O3/c1-26-20-4-2-3-17(14-24-7-8-25-9-11-27-12-10-25)21(20)28-15-16-5-6-18(22)19(23)13-16/h2-6,13,24H,7-12,14-15H2,1H3. The van der Waals surface area contributed by atoms with Crippen LogP contribution in [0.5, 0.6) is 11.5 Å². The van der Waals surface area contributed by atoms with E-state index in [0.29, 0.717) is 28.9 Å². The number of hydrogen-bond acceptors (Lipinski definition) is 5. The Morgan fingerprint density at radius 2 is 1.93 bits per heavy atom. The summed E-state index contributed by atoms with van der Waals surface area (Å²) in [6.07, 6.45) is 0. The van der Waals surface area contributed by atoms with Crippen molar-refractivity contribution in [2.45, 2.75) is 13.2 Å². The molecule has 0 spiro atoms. The number of nitrogens with one attached hydrogen (secondary N) is 1. The molecular weight excluding hydrogens is 399 g/mol. The van der Waals surface area contributed by atoms with Crippen molar-refractivity contribution >= 4 is 23.2 Å². The van der Waals surface area contributed by atoms with Gasteiger partial charge in [0.2, 0.25) is 0 Å². The Morgan fingerprint density at radius 3 is 2.68 bits per heavy atom. The summed E-state index contributed by atoms with van der Waals surface area (Å²) < 4.78 is 17.0. The number of benzene rings is 2. The Hall–Kier alpha value is -1.50. The normalized spacial score (nSPS) is 14.8. The molecule has 0 saturated carbocycles. The maximum Gasteiger partial charge on any atom is 0.166 e. The highest BCUT2D eigenvalue weighted by Gasteiger charge is 2.13. The summed E-state index contributed by atoms with van der Waals surface area (Å²) in [7, 11) is 1.65. The van der Waals surface area contributed by atoms with Crippen LogP contribution in [-0.2, 0) is 17.9 Å². The van der Waals surface area contributed by atoms with Crippen molar-refractivity contribution in [1.29, 1.82) is 0 Å². The molecule has 2 aromatic carbocycles.